The number of nitrogens with one attached hydrogen (secondary N) is 2. The van der Waals surface area contributed by atoms with Gasteiger partial charge in [0, 0.05) is 26.2 Å². The molecule has 16 heavy (non-hydrogen) atoms. The van der Waals surface area contributed by atoms with Gasteiger partial charge in [0.2, 0.25) is 0 Å². The fourth-order valence-electron chi connectivity index (χ4n) is 3.62. The Labute approximate surface area is 96.1 Å². The molecule has 0 aromatic carbocycles. The standard InChI is InChI=1S/C10H20N6/c1-2-14-6-12-8-16-4-3-15-7-11-5-13(1)9(15)10(14)16/h9-12H,1-8H2. The molecule has 4 aliphatic rings. The Balaban J connectivity index is 1.67. The first kappa shape index (κ1) is 9.76. The third kappa shape index (κ3) is 1.28. The van der Waals surface area contributed by atoms with E-state index in [1.807, 2.05) is 0 Å². The Hall–Kier alpha value is -0.240. The maximum atomic E-state index is 3.50. The lowest BCUT2D eigenvalue weighted by molar-refractivity contribution is -0.190. The first-order valence-corrected chi connectivity index (χ1v) is 6.31. The van der Waals surface area contributed by atoms with Crippen LogP contribution in [0.3, 0.4) is 0 Å². The van der Waals surface area contributed by atoms with E-state index in [1.54, 1.807) is 0 Å². The number of hydrogen-bond acceptors (Lipinski definition) is 6. The predicted octanol–water partition coefficient (Wildman–Crippen LogP) is -2.09. The van der Waals surface area contributed by atoms with Gasteiger partial charge < -0.3 is 0 Å². The van der Waals surface area contributed by atoms with Crippen molar-refractivity contribution in [2.45, 2.75) is 12.3 Å². The van der Waals surface area contributed by atoms with Crippen molar-refractivity contribution in [1.29, 1.82) is 0 Å². The largest absolute Gasteiger partial charge is 0.291 e. The molecule has 4 heterocycles. The predicted molar refractivity (Wildman–Crippen MR) is 60.1 cm³/mol. The first-order chi connectivity index (χ1) is 7.93. The van der Waals surface area contributed by atoms with Crippen LogP contribution in [0.4, 0.5) is 0 Å². The van der Waals surface area contributed by atoms with Crippen LogP contribution in [0.5, 0.6) is 0 Å². The summed E-state index contributed by atoms with van der Waals surface area (Å²) in [6.07, 6.45) is 1.23. The van der Waals surface area contributed by atoms with Gasteiger partial charge in [0.15, 0.2) is 0 Å². The van der Waals surface area contributed by atoms with Crippen LogP contribution in [0.1, 0.15) is 0 Å². The highest BCUT2D eigenvalue weighted by Gasteiger charge is 2.48. The van der Waals surface area contributed by atoms with Gasteiger partial charge in [-0.3, -0.25) is 30.2 Å². The maximum Gasteiger partial charge on any atom is 0.0943 e. The number of nitrogens with zero attached hydrogens (tertiary/aromatic N) is 4. The Morgan fingerprint density at radius 2 is 0.875 bits per heavy atom. The molecule has 6 heteroatoms. The van der Waals surface area contributed by atoms with Gasteiger partial charge in [0.25, 0.3) is 0 Å². The second-order valence-corrected chi connectivity index (χ2v) is 5.21. The van der Waals surface area contributed by atoms with E-state index >= 15 is 0 Å². The molecule has 0 radical (unpaired) electrons. The summed E-state index contributed by atoms with van der Waals surface area (Å²) in [5.41, 5.74) is 0. The highest BCUT2D eigenvalue weighted by atomic mass is 15.6. The number of piperazine rings is 2. The van der Waals surface area contributed by atoms with Crippen molar-refractivity contribution in [3.63, 3.8) is 0 Å². The minimum atomic E-state index is 0.617. The van der Waals surface area contributed by atoms with Crippen molar-refractivity contribution >= 4 is 0 Å². The monoisotopic (exact) mass is 224 g/mol. The molecule has 0 amide bonds. The third-order valence-electron chi connectivity index (χ3n) is 4.37. The summed E-state index contributed by atoms with van der Waals surface area (Å²) < 4.78 is 0. The van der Waals surface area contributed by atoms with E-state index in [4.69, 9.17) is 0 Å². The zero-order valence-electron chi connectivity index (χ0n) is 9.60. The van der Waals surface area contributed by atoms with Crippen LogP contribution in [0.2, 0.25) is 0 Å². The highest BCUT2D eigenvalue weighted by Crippen LogP contribution is 2.28. The summed E-state index contributed by atoms with van der Waals surface area (Å²) >= 11 is 0. The van der Waals surface area contributed by atoms with Crippen LogP contribution in [0.25, 0.3) is 0 Å². The summed E-state index contributed by atoms with van der Waals surface area (Å²) in [6.45, 7) is 9.03. The molecule has 0 bridgehead atoms. The van der Waals surface area contributed by atoms with Gasteiger partial charge in [-0.05, 0) is 0 Å². The molecule has 0 unspecified atom stereocenters. The lowest BCUT2D eigenvalue weighted by Crippen LogP contribution is -2.80. The quantitative estimate of drug-likeness (QED) is 0.491. The van der Waals surface area contributed by atoms with Crippen LogP contribution in [-0.4, -0.2) is 84.8 Å². The maximum absolute atomic E-state index is 3.50. The molecular weight excluding hydrogens is 204 g/mol. The molecule has 0 atom stereocenters. The fourth-order valence-corrected chi connectivity index (χ4v) is 3.62. The van der Waals surface area contributed by atoms with E-state index in [-0.39, 0.29) is 0 Å². The molecule has 2 N–H and O–H groups in total. The lowest BCUT2D eigenvalue weighted by atomic mass is 10.1. The minimum absolute atomic E-state index is 0.617. The average Bonchev–Trinajstić information content (AvgIpc) is 2.36. The normalized spacial score (nSPS) is 42.0. The molecule has 6 nitrogen and oxygen atoms in total. The Morgan fingerprint density at radius 1 is 0.562 bits per heavy atom. The molecule has 4 aliphatic heterocycles. The Kier molecular flexibility index (Phi) is 2.21. The second kappa shape index (κ2) is 3.63. The van der Waals surface area contributed by atoms with E-state index < -0.39 is 0 Å². The van der Waals surface area contributed by atoms with Crippen molar-refractivity contribution in [2.24, 2.45) is 0 Å². The molecule has 0 aliphatic carbocycles. The van der Waals surface area contributed by atoms with Gasteiger partial charge in [-0.25, -0.2) is 0 Å². The fraction of sp³-hybridized carbons (Fsp3) is 1.00. The van der Waals surface area contributed by atoms with Crippen LogP contribution in [-0.2, 0) is 0 Å². The Bertz CT molecular complexity index is 232. The Morgan fingerprint density at radius 3 is 1.19 bits per heavy atom. The van der Waals surface area contributed by atoms with E-state index in [0.717, 1.165) is 26.7 Å². The van der Waals surface area contributed by atoms with E-state index in [2.05, 4.69) is 30.2 Å². The van der Waals surface area contributed by atoms with Gasteiger partial charge in [-0.2, -0.15) is 0 Å². The molecule has 90 valence electrons. The van der Waals surface area contributed by atoms with Crippen LogP contribution in [0, 0.1) is 0 Å². The summed E-state index contributed by atoms with van der Waals surface area (Å²) in [7, 11) is 0. The first-order valence-electron chi connectivity index (χ1n) is 6.31. The van der Waals surface area contributed by atoms with Gasteiger partial charge >= 0.3 is 0 Å². The van der Waals surface area contributed by atoms with Gasteiger partial charge in [0.1, 0.15) is 0 Å². The van der Waals surface area contributed by atoms with Gasteiger partial charge in [-0.1, -0.05) is 0 Å². The third-order valence-corrected chi connectivity index (χ3v) is 4.37. The molecule has 4 saturated heterocycles. The van der Waals surface area contributed by atoms with Crippen LogP contribution >= 0.6 is 0 Å². The number of rotatable bonds is 0. The minimum Gasteiger partial charge on any atom is -0.291 e. The van der Waals surface area contributed by atoms with E-state index in [0.29, 0.717) is 12.3 Å². The van der Waals surface area contributed by atoms with Gasteiger partial charge in [0.05, 0.1) is 39.0 Å². The molecule has 0 aromatic rings. The molecule has 4 fully saturated rings. The van der Waals surface area contributed by atoms with Crippen molar-refractivity contribution < 1.29 is 0 Å². The van der Waals surface area contributed by atoms with Gasteiger partial charge in [-0.15, -0.1) is 0 Å². The molecule has 4 rings (SSSR count). The van der Waals surface area contributed by atoms with Crippen LogP contribution in [0.15, 0.2) is 0 Å². The average molecular weight is 224 g/mol. The van der Waals surface area contributed by atoms with Crippen molar-refractivity contribution in [1.82, 2.24) is 30.2 Å². The summed E-state index contributed by atoms with van der Waals surface area (Å²) in [6, 6.07) is 0. The summed E-state index contributed by atoms with van der Waals surface area (Å²) in [4.78, 5) is 10.4. The van der Waals surface area contributed by atoms with Crippen molar-refractivity contribution in [2.75, 3.05) is 52.9 Å². The lowest BCUT2D eigenvalue weighted by Gasteiger charge is -2.61. The molecule has 0 saturated carbocycles. The van der Waals surface area contributed by atoms with Crippen LogP contribution < -0.4 is 10.6 Å². The zero-order chi connectivity index (χ0) is 10.5. The van der Waals surface area contributed by atoms with Crippen molar-refractivity contribution in [3.8, 4) is 0 Å². The van der Waals surface area contributed by atoms with E-state index in [1.165, 1.54) is 26.2 Å². The molecule has 0 spiro atoms. The second-order valence-electron chi connectivity index (χ2n) is 5.21. The smallest absolute Gasteiger partial charge is 0.0943 e. The zero-order valence-corrected chi connectivity index (χ0v) is 9.60. The van der Waals surface area contributed by atoms with Crippen molar-refractivity contribution in [3.05, 3.63) is 0 Å². The summed E-state index contributed by atoms with van der Waals surface area (Å²) in [5.74, 6) is 0. The topological polar surface area (TPSA) is 37.0 Å². The molecule has 0 aromatic heterocycles. The SMILES string of the molecule is C1CN2CNCN3CCN4CNCN1C4C23. The molecular formula is C10H20N6. The van der Waals surface area contributed by atoms with E-state index in [9.17, 15) is 0 Å². The highest BCUT2D eigenvalue weighted by molar-refractivity contribution is 4.97. The number of hydrogen-bond donors (Lipinski definition) is 2. The summed E-state index contributed by atoms with van der Waals surface area (Å²) in [5, 5.41) is 7.01.